The Bertz CT molecular complexity index is 1370. The molecule has 78 heavy (non-hydrogen) atoms. The molecule has 458 valence electrons. The molecule has 1 saturated heterocycles. The summed E-state index contributed by atoms with van der Waals surface area (Å²) in [7, 11) is 0. The summed E-state index contributed by atoms with van der Waals surface area (Å²) in [5.74, 6) is -0.185. The highest BCUT2D eigenvalue weighted by Gasteiger charge is 2.44. The average molecular weight is 1100 g/mol. The Morgan fingerprint density at radius 1 is 0.423 bits per heavy atom. The number of nitrogens with one attached hydrogen (secondary N) is 1. The lowest BCUT2D eigenvalue weighted by Gasteiger charge is -2.40. The van der Waals surface area contributed by atoms with Crippen LogP contribution in [-0.2, 0) is 14.3 Å². The van der Waals surface area contributed by atoms with Gasteiger partial charge in [0.05, 0.1) is 25.4 Å². The smallest absolute Gasteiger partial charge is 0.220 e. The van der Waals surface area contributed by atoms with Crippen molar-refractivity contribution < 1.29 is 39.8 Å². The van der Waals surface area contributed by atoms with Gasteiger partial charge in [-0.25, -0.2) is 0 Å². The summed E-state index contributed by atoms with van der Waals surface area (Å²) < 4.78 is 11.3. The summed E-state index contributed by atoms with van der Waals surface area (Å²) in [6.07, 6.45) is 72.3. The number of aliphatic hydroxyl groups excluding tert-OH is 5. The van der Waals surface area contributed by atoms with Crippen LogP contribution in [0.4, 0.5) is 0 Å². The van der Waals surface area contributed by atoms with Crippen LogP contribution in [0.1, 0.15) is 328 Å². The second-order valence-electron chi connectivity index (χ2n) is 23.6. The fraction of sp³-hybridized carbons (Fsp3) is 0.870. The second-order valence-corrected chi connectivity index (χ2v) is 23.6. The second kappa shape index (κ2) is 58.4. The van der Waals surface area contributed by atoms with Gasteiger partial charge >= 0.3 is 0 Å². The predicted octanol–water partition coefficient (Wildman–Crippen LogP) is 18.0. The van der Waals surface area contributed by atoms with Crippen molar-refractivity contribution in [3.05, 3.63) is 48.6 Å². The van der Waals surface area contributed by atoms with Gasteiger partial charge in [0.25, 0.3) is 0 Å². The average Bonchev–Trinajstić information content (AvgIpc) is 3.45. The molecule has 1 aliphatic rings. The number of amides is 1. The molecule has 0 saturated carbocycles. The quantitative estimate of drug-likeness (QED) is 0.0261. The van der Waals surface area contributed by atoms with E-state index in [-0.39, 0.29) is 12.5 Å². The van der Waals surface area contributed by atoms with E-state index in [1.807, 2.05) is 6.08 Å². The van der Waals surface area contributed by atoms with Crippen LogP contribution in [0, 0.1) is 0 Å². The molecule has 1 heterocycles. The van der Waals surface area contributed by atoms with Crippen molar-refractivity contribution in [1.29, 1.82) is 0 Å². The Kier molecular flexibility index (Phi) is 55.5. The topological polar surface area (TPSA) is 149 Å². The van der Waals surface area contributed by atoms with E-state index < -0.39 is 49.5 Å². The highest BCUT2D eigenvalue weighted by molar-refractivity contribution is 5.76. The fourth-order valence-electron chi connectivity index (χ4n) is 10.8. The van der Waals surface area contributed by atoms with Gasteiger partial charge in [0.2, 0.25) is 5.91 Å². The molecule has 0 spiro atoms. The Balaban J connectivity index is 2.09. The molecule has 1 fully saturated rings. The molecular formula is C69H129NO8. The third kappa shape index (κ3) is 46.7. The molecule has 7 atom stereocenters. The van der Waals surface area contributed by atoms with Gasteiger partial charge in [-0.05, 0) is 70.6 Å². The molecule has 0 radical (unpaired) electrons. The first-order valence-electron chi connectivity index (χ1n) is 33.9. The van der Waals surface area contributed by atoms with Crippen LogP contribution < -0.4 is 5.32 Å². The summed E-state index contributed by atoms with van der Waals surface area (Å²) >= 11 is 0. The van der Waals surface area contributed by atoms with E-state index in [9.17, 15) is 30.3 Å². The zero-order valence-electron chi connectivity index (χ0n) is 51.2. The molecule has 0 bridgehead atoms. The Morgan fingerprint density at radius 2 is 0.731 bits per heavy atom. The predicted molar refractivity (Wildman–Crippen MR) is 332 cm³/mol. The molecular weight excluding hydrogens is 971 g/mol. The van der Waals surface area contributed by atoms with Gasteiger partial charge in [-0.2, -0.15) is 0 Å². The fourth-order valence-corrected chi connectivity index (χ4v) is 10.8. The van der Waals surface area contributed by atoms with E-state index in [1.54, 1.807) is 6.08 Å². The van der Waals surface area contributed by atoms with Crippen LogP contribution in [0.3, 0.4) is 0 Å². The molecule has 9 nitrogen and oxygen atoms in total. The van der Waals surface area contributed by atoms with E-state index in [4.69, 9.17) is 9.47 Å². The molecule has 7 unspecified atom stereocenters. The van der Waals surface area contributed by atoms with E-state index in [2.05, 4.69) is 55.6 Å². The molecule has 0 aromatic rings. The number of allylic oxidation sites excluding steroid dienone is 7. The van der Waals surface area contributed by atoms with Gasteiger partial charge in [0, 0.05) is 6.42 Å². The van der Waals surface area contributed by atoms with Crippen LogP contribution in [0.2, 0.25) is 0 Å². The molecule has 1 rings (SSSR count). The first kappa shape index (κ1) is 74.2. The third-order valence-electron chi connectivity index (χ3n) is 16.1. The molecule has 6 N–H and O–H groups in total. The molecule has 0 aromatic carbocycles. The van der Waals surface area contributed by atoms with Crippen molar-refractivity contribution in [3.63, 3.8) is 0 Å². The molecule has 0 aliphatic carbocycles. The van der Waals surface area contributed by atoms with Gasteiger partial charge in [0.1, 0.15) is 24.4 Å². The summed E-state index contributed by atoms with van der Waals surface area (Å²) in [6, 6.07) is -0.828. The van der Waals surface area contributed by atoms with Crippen molar-refractivity contribution in [2.75, 3.05) is 13.2 Å². The number of ether oxygens (including phenoxy) is 2. The van der Waals surface area contributed by atoms with Crippen molar-refractivity contribution >= 4 is 5.91 Å². The number of hydrogen-bond donors (Lipinski definition) is 6. The number of rotatable bonds is 59. The Morgan fingerprint density at radius 3 is 1.08 bits per heavy atom. The standard InChI is InChI=1S/C69H129NO8/c1-3-5-7-9-11-13-15-17-19-21-23-24-25-26-27-28-29-30-31-32-33-34-35-36-37-38-39-40-41-43-45-47-49-51-53-55-57-59-65(73)70-62(61-77-69-68(76)67(75)66(74)64(60-71)78-69)63(72)58-56-54-52-50-48-46-44-42-22-20-18-16-14-12-10-8-6-4-2/h21-23,42,48,50,56,58,62-64,66-69,71-72,74-76H,3-20,24-41,43-47,49,51-55,57,59-61H2,1-2H3,(H,70,73)/b23-21-,42-22+,50-48+,58-56+. The summed E-state index contributed by atoms with van der Waals surface area (Å²) in [5.41, 5.74) is 0. The van der Waals surface area contributed by atoms with Crippen LogP contribution in [-0.4, -0.2) is 87.5 Å². The van der Waals surface area contributed by atoms with Crippen molar-refractivity contribution in [1.82, 2.24) is 5.32 Å². The summed E-state index contributed by atoms with van der Waals surface area (Å²) in [5, 5.41) is 54.6. The van der Waals surface area contributed by atoms with E-state index >= 15 is 0 Å². The zero-order chi connectivity index (χ0) is 56.5. The first-order valence-corrected chi connectivity index (χ1v) is 33.9. The number of unbranched alkanes of at least 4 members (excludes halogenated alkanes) is 43. The number of hydrogen-bond acceptors (Lipinski definition) is 8. The lowest BCUT2D eigenvalue weighted by Crippen LogP contribution is -2.60. The number of aliphatic hydroxyl groups is 5. The Labute approximate surface area is 482 Å². The number of carbonyl (C=O) groups excluding carboxylic acids is 1. The van der Waals surface area contributed by atoms with Crippen LogP contribution in [0.25, 0.3) is 0 Å². The number of carbonyl (C=O) groups is 1. The molecule has 9 heteroatoms. The Hall–Kier alpha value is -1.85. The monoisotopic (exact) mass is 1100 g/mol. The SMILES string of the molecule is CCCCCCCCCC/C=C\CCCCCCCCCCCCCCCCCCCCCCCCCCCC(=O)NC(COC1OC(CO)C(O)C(O)C1O)C(O)/C=C/CC/C=C/CC/C=C/CCCCCCCCCC. The van der Waals surface area contributed by atoms with Gasteiger partial charge in [-0.1, -0.05) is 300 Å². The van der Waals surface area contributed by atoms with Gasteiger partial charge in [-0.3, -0.25) is 4.79 Å². The molecule has 1 amide bonds. The minimum atomic E-state index is -1.57. The van der Waals surface area contributed by atoms with E-state index in [0.717, 1.165) is 44.9 Å². The van der Waals surface area contributed by atoms with Crippen molar-refractivity contribution in [3.8, 4) is 0 Å². The van der Waals surface area contributed by atoms with Crippen LogP contribution in [0.5, 0.6) is 0 Å². The van der Waals surface area contributed by atoms with Crippen LogP contribution in [0.15, 0.2) is 48.6 Å². The lowest BCUT2D eigenvalue weighted by atomic mass is 9.99. The highest BCUT2D eigenvalue weighted by Crippen LogP contribution is 2.23. The largest absolute Gasteiger partial charge is 0.394 e. The van der Waals surface area contributed by atoms with Gasteiger partial charge < -0.3 is 40.3 Å². The molecule has 0 aromatic heterocycles. The zero-order valence-corrected chi connectivity index (χ0v) is 51.2. The summed E-state index contributed by atoms with van der Waals surface area (Å²) in [4.78, 5) is 13.1. The van der Waals surface area contributed by atoms with Gasteiger partial charge in [-0.15, -0.1) is 0 Å². The van der Waals surface area contributed by atoms with Gasteiger partial charge in [0.15, 0.2) is 6.29 Å². The molecule has 1 aliphatic heterocycles. The van der Waals surface area contributed by atoms with E-state index in [1.165, 1.54) is 263 Å². The van der Waals surface area contributed by atoms with E-state index in [0.29, 0.717) is 6.42 Å². The summed E-state index contributed by atoms with van der Waals surface area (Å²) in [6.45, 7) is 3.78. The normalized spacial score (nSPS) is 18.9. The minimum absolute atomic E-state index is 0.185. The maximum absolute atomic E-state index is 13.1. The first-order chi connectivity index (χ1) is 38.3. The maximum atomic E-state index is 13.1. The van der Waals surface area contributed by atoms with Crippen molar-refractivity contribution in [2.24, 2.45) is 0 Å². The maximum Gasteiger partial charge on any atom is 0.220 e. The highest BCUT2D eigenvalue weighted by atomic mass is 16.7. The third-order valence-corrected chi connectivity index (χ3v) is 16.1. The van der Waals surface area contributed by atoms with Crippen molar-refractivity contribution in [2.45, 2.75) is 371 Å². The minimum Gasteiger partial charge on any atom is -0.394 e. The lowest BCUT2D eigenvalue weighted by molar-refractivity contribution is -0.302. The van der Waals surface area contributed by atoms with Crippen LogP contribution >= 0.6 is 0 Å².